The Bertz CT molecular complexity index is 31.4. The van der Waals surface area contributed by atoms with E-state index < -0.39 is 0 Å². The van der Waals surface area contributed by atoms with Crippen LogP contribution in [0.4, 0.5) is 0 Å². The van der Waals surface area contributed by atoms with Gasteiger partial charge in [0.15, 0.2) is 0 Å². The van der Waals surface area contributed by atoms with Crippen molar-refractivity contribution in [3.63, 3.8) is 0 Å². The summed E-state index contributed by atoms with van der Waals surface area (Å²) < 4.78 is 0. The number of hydrogen-bond acceptors (Lipinski definition) is 4. The quantitative estimate of drug-likeness (QED) is 0.298. The van der Waals surface area contributed by atoms with Crippen LogP contribution in [0.15, 0.2) is 0 Å². The number of hydrogen-bond donors (Lipinski definition) is 2. The molecule has 0 spiro atoms. The molecule has 0 aromatic carbocycles. The third-order valence-corrected chi connectivity index (χ3v) is 0.455. The normalized spacial score (nSPS) is 15.8. The summed E-state index contributed by atoms with van der Waals surface area (Å²) in [5.74, 6) is 0. The van der Waals surface area contributed by atoms with E-state index in [9.17, 15) is 0 Å². The molecule has 1 aliphatic rings. The zero-order valence-electron chi connectivity index (χ0n) is 4.28. The van der Waals surface area contributed by atoms with Gasteiger partial charge >= 0.3 is 15.2 Å². The van der Waals surface area contributed by atoms with E-state index >= 15 is 0 Å². The Labute approximate surface area is 48.9 Å². The summed E-state index contributed by atoms with van der Waals surface area (Å²) >= 11 is 0. The van der Waals surface area contributed by atoms with Crippen LogP contribution in [0.25, 0.3) is 0 Å². The molecule has 0 aromatic rings. The monoisotopic (exact) mass is 116 g/mol. The molecule has 2 N–H and O–H groups in total. The van der Waals surface area contributed by atoms with Gasteiger partial charge < -0.3 is 14.9 Å². The van der Waals surface area contributed by atoms with Crippen molar-refractivity contribution in [1.82, 2.24) is 0 Å². The van der Waals surface area contributed by atoms with Crippen LogP contribution in [-0.4, -0.2) is 31.8 Å². The predicted octanol–water partition coefficient (Wildman–Crippen LogP) is -1.51. The second-order valence-electron chi connectivity index (χ2n) is 0.989. The standard InChI is InChI=1S/C2H4BO2.BH2O2/c1-2-4-5-3-1;2-1-3/h1-2H2;2-3H. The Balaban J connectivity index is 0.000000145. The first-order valence-corrected chi connectivity index (χ1v) is 2.12. The molecule has 1 rings (SSSR count). The van der Waals surface area contributed by atoms with E-state index in [2.05, 4.69) is 9.69 Å². The Morgan fingerprint density at radius 3 is 2.25 bits per heavy atom. The van der Waals surface area contributed by atoms with Gasteiger partial charge in [0.05, 0.1) is 6.61 Å². The van der Waals surface area contributed by atoms with Crippen LogP contribution in [0.2, 0.25) is 6.32 Å². The molecule has 0 saturated carbocycles. The summed E-state index contributed by atoms with van der Waals surface area (Å²) in [6.45, 7) is 0.722. The minimum Gasteiger partial charge on any atom is -0.429 e. The van der Waals surface area contributed by atoms with Gasteiger partial charge in [-0.15, -0.1) is 0 Å². The summed E-state index contributed by atoms with van der Waals surface area (Å²) in [6, 6.07) is 0. The predicted molar refractivity (Wildman–Crippen MR) is 27.8 cm³/mol. The zero-order chi connectivity index (χ0) is 6.24. The molecular formula is C2H6B2O4. The van der Waals surface area contributed by atoms with Crippen LogP contribution >= 0.6 is 0 Å². The Hall–Kier alpha value is -0.0301. The van der Waals surface area contributed by atoms with E-state index in [0.29, 0.717) is 0 Å². The second-order valence-corrected chi connectivity index (χ2v) is 0.989. The molecule has 1 heterocycles. The topological polar surface area (TPSA) is 58.9 Å². The molecule has 0 aromatic heterocycles. The molecule has 0 unspecified atom stereocenters. The van der Waals surface area contributed by atoms with Crippen LogP contribution in [0.1, 0.15) is 0 Å². The van der Waals surface area contributed by atoms with Gasteiger partial charge in [-0.25, -0.2) is 0 Å². The van der Waals surface area contributed by atoms with Gasteiger partial charge in [-0.3, -0.25) is 4.89 Å². The van der Waals surface area contributed by atoms with Crippen LogP contribution in [0.5, 0.6) is 0 Å². The molecule has 0 bridgehead atoms. The lowest BCUT2D eigenvalue weighted by molar-refractivity contribution is -0.181. The van der Waals surface area contributed by atoms with Crippen LogP contribution < -0.4 is 0 Å². The molecule has 8 heavy (non-hydrogen) atoms. The highest BCUT2D eigenvalue weighted by Gasteiger charge is 2.00. The van der Waals surface area contributed by atoms with E-state index in [-0.39, 0.29) is 7.69 Å². The summed E-state index contributed by atoms with van der Waals surface area (Å²) in [5, 5.41) is 14.0. The Morgan fingerprint density at radius 2 is 2.12 bits per heavy atom. The smallest absolute Gasteiger partial charge is 0.429 e. The molecule has 6 heteroatoms. The minimum atomic E-state index is 0. The molecule has 44 valence electrons. The molecule has 2 radical (unpaired) electrons. The van der Waals surface area contributed by atoms with Gasteiger partial charge in [-0.1, -0.05) is 0 Å². The molecule has 0 atom stereocenters. The molecule has 0 amide bonds. The largest absolute Gasteiger partial charge is 0.482 e. The van der Waals surface area contributed by atoms with Crippen molar-refractivity contribution < 1.29 is 19.7 Å². The Morgan fingerprint density at radius 1 is 1.50 bits per heavy atom. The highest BCUT2D eigenvalue weighted by atomic mass is 17.2. The van der Waals surface area contributed by atoms with Gasteiger partial charge in [0.25, 0.3) is 0 Å². The van der Waals surface area contributed by atoms with Crippen LogP contribution in [-0.2, 0) is 9.69 Å². The summed E-state index contributed by atoms with van der Waals surface area (Å²) in [7, 11) is 1.64. The lowest BCUT2D eigenvalue weighted by Crippen LogP contribution is -1.78. The lowest BCUT2D eigenvalue weighted by Gasteiger charge is -1.79. The van der Waals surface area contributed by atoms with Gasteiger partial charge in [-0.2, -0.15) is 0 Å². The van der Waals surface area contributed by atoms with Gasteiger partial charge in [-0.05, 0) is 6.32 Å². The molecular weight excluding hydrogens is 110 g/mol. The van der Waals surface area contributed by atoms with Crippen molar-refractivity contribution in [3.05, 3.63) is 0 Å². The molecule has 4 nitrogen and oxygen atoms in total. The third kappa shape index (κ3) is 5.97. The van der Waals surface area contributed by atoms with E-state index in [1.165, 1.54) is 0 Å². The molecule has 1 fully saturated rings. The van der Waals surface area contributed by atoms with Crippen molar-refractivity contribution in [1.29, 1.82) is 0 Å². The van der Waals surface area contributed by atoms with Crippen molar-refractivity contribution in [3.8, 4) is 0 Å². The zero-order valence-corrected chi connectivity index (χ0v) is 4.28. The molecule has 1 saturated heterocycles. The van der Waals surface area contributed by atoms with Crippen molar-refractivity contribution in [2.75, 3.05) is 6.61 Å². The van der Waals surface area contributed by atoms with Crippen LogP contribution in [0.3, 0.4) is 0 Å². The maximum Gasteiger partial charge on any atom is 0.482 e. The Kier molecular flexibility index (Phi) is 6.94. The maximum absolute atomic E-state index is 7.00. The van der Waals surface area contributed by atoms with E-state index in [1.807, 2.05) is 0 Å². The first kappa shape index (κ1) is 7.97. The maximum atomic E-state index is 7.00. The first-order chi connectivity index (χ1) is 3.91. The average molecular weight is 116 g/mol. The molecule has 1 aliphatic heterocycles. The summed E-state index contributed by atoms with van der Waals surface area (Å²) in [5.41, 5.74) is 0. The highest BCUT2D eigenvalue weighted by Crippen LogP contribution is 1.91. The van der Waals surface area contributed by atoms with Gasteiger partial charge in [0.2, 0.25) is 0 Å². The van der Waals surface area contributed by atoms with E-state index in [0.717, 1.165) is 12.9 Å². The summed E-state index contributed by atoms with van der Waals surface area (Å²) in [6.07, 6.45) is 0.931. The second kappa shape index (κ2) is 6.97. The van der Waals surface area contributed by atoms with Crippen molar-refractivity contribution in [2.45, 2.75) is 6.32 Å². The van der Waals surface area contributed by atoms with Gasteiger partial charge in [0, 0.05) is 0 Å². The van der Waals surface area contributed by atoms with Crippen molar-refractivity contribution in [2.24, 2.45) is 0 Å². The minimum absolute atomic E-state index is 0. The van der Waals surface area contributed by atoms with E-state index in [1.54, 1.807) is 7.48 Å². The fourth-order valence-electron chi connectivity index (χ4n) is 0.241. The first-order valence-electron chi connectivity index (χ1n) is 2.12. The van der Waals surface area contributed by atoms with Gasteiger partial charge in [0.1, 0.15) is 0 Å². The third-order valence-electron chi connectivity index (χ3n) is 0.455. The fraction of sp³-hybridized carbons (Fsp3) is 1.00. The fourth-order valence-corrected chi connectivity index (χ4v) is 0.241. The van der Waals surface area contributed by atoms with Crippen LogP contribution in [0, 0.1) is 0 Å². The molecule has 0 aliphatic carbocycles. The lowest BCUT2D eigenvalue weighted by atomic mass is 9.99. The van der Waals surface area contributed by atoms with Crippen molar-refractivity contribution >= 4 is 15.2 Å². The average Bonchev–Trinajstić information content (AvgIpc) is 2.17. The van der Waals surface area contributed by atoms with E-state index in [4.69, 9.17) is 10.0 Å². The SMILES string of the molecule is O[B]O.[B]1CCOO1. The summed E-state index contributed by atoms with van der Waals surface area (Å²) in [4.78, 5) is 8.71. The highest BCUT2D eigenvalue weighted by molar-refractivity contribution is 6.27. The number of rotatable bonds is 0.